The van der Waals surface area contributed by atoms with Crippen molar-refractivity contribution in [3.63, 3.8) is 0 Å². The Morgan fingerprint density at radius 3 is 2.75 bits per heavy atom. The summed E-state index contributed by atoms with van der Waals surface area (Å²) in [6.07, 6.45) is 5.55. The van der Waals surface area contributed by atoms with Gasteiger partial charge in [0.25, 0.3) is 0 Å². The van der Waals surface area contributed by atoms with Gasteiger partial charge in [0.1, 0.15) is 16.8 Å². The summed E-state index contributed by atoms with van der Waals surface area (Å²) in [5.74, 6) is 0.864. The van der Waals surface area contributed by atoms with E-state index in [-0.39, 0.29) is 11.6 Å². The maximum absolute atomic E-state index is 5.65. The van der Waals surface area contributed by atoms with E-state index in [4.69, 9.17) is 4.74 Å². The molecule has 3 heterocycles. The molecule has 0 amide bonds. The molecule has 1 saturated heterocycles. The Labute approximate surface area is 173 Å². The molecule has 2 aromatic heterocycles. The van der Waals surface area contributed by atoms with Gasteiger partial charge in [0.2, 0.25) is 0 Å². The van der Waals surface area contributed by atoms with Gasteiger partial charge >= 0.3 is 0 Å². The van der Waals surface area contributed by atoms with Gasteiger partial charge < -0.3 is 15.4 Å². The Morgan fingerprint density at radius 1 is 1.21 bits per heavy atom. The van der Waals surface area contributed by atoms with E-state index in [1.54, 1.807) is 29.4 Å². The first-order valence-electron chi connectivity index (χ1n) is 9.49. The fourth-order valence-corrected chi connectivity index (χ4v) is 5.10. The SMILES string of the molecule is CSc1nc2ncnc(NCC3(NC(C)c4ccccc4)CCOCC3)c2s1. The van der Waals surface area contributed by atoms with Crippen molar-refractivity contribution >= 4 is 39.3 Å². The molecule has 1 fully saturated rings. The third kappa shape index (κ3) is 4.30. The summed E-state index contributed by atoms with van der Waals surface area (Å²) in [6, 6.07) is 10.8. The molecule has 3 aromatic rings. The van der Waals surface area contributed by atoms with Gasteiger partial charge in [-0.1, -0.05) is 42.1 Å². The number of nitrogens with zero attached hydrogens (tertiary/aromatic N) is 3. The van der Waals surface area contributed by atoms with E-state index >= 15 is 0 Å². The van der Waals surface area contributed by atoms with E-state index in [2.05, 4.69) is 62.8 Å². The minimum Gasteiger partial charge on any atom is -0.381 e. The van der Waals surface area contributed by atoms with Crippen molar-refractivity contribution in [1.29, 1.82) is 0 Å². The van der Waals surface area contributed by atoms with Crippen LogP contribution in [-0.4, -0.2) is 46.5 Å². The smallest absolute Gasteiger partial charge is 0.176 e. The predicted molar refractivity (Wildman–Crippen MR) is 116 cm³/mol. The number of hydrogen-bond donors (Lipinski definition) is 2. The van der Waals surface area contributed by atoms with Crippen molar-refractivity contribution in [2.24, 2.45) is 0 Å². The predicted octanol–water partition coefficient (Wildman–Crippen LogP) is 4.12. The molecule has 1 aliphatic heterocycles. The van der Waals surface area contributed by atoms with Crippen molar-refractivity contribution in [2.45, 2.75) is 35.7 Å². The molecule has 0 radical (unpaired) electrons. The molecular weight excluding hydrogens is 390 g/mol. The number of thiazole rings is 1. The molecule has 8 heteroatoms. The van der Waals surface area contributed by atoms with Gasteiger partial charge in [0.05, 0.1) is 0 Å². The van der Waals surface area contributed by atoms with Crippen LogP contribution < -0.4 is 10.6 Å². The number of fused-ring (bicyclic) bond motifs is 1. The van der Waals surface area contributed by atoms with Gasteiger partial charge in [0.15, 0.2) is 9.99 Å². The maximum atomic E-state index is 5.65. The second kappa shape index (κ2) is 8.73. The van der Waals surface area contributed by atoms with Crippen molar-refractivity contribution in [2.75, 3.05) is 31.3 Å². The van der Waals surface area contributed by atoms with Crippen molar-refractivity contribution < 1.29 is 4.74 Å². The lowest BCUT2D eigenvalue weighted by atomic mass is 9.88. The molecule has 0 spiro atoms. The van der Waals surface area contributed by atoms with Crippen LogP contribution in [0.4, 0.5) is 5.82 Å². The molecule has 0 bridgehead atoms. The third-order valence-electron chi connectivity index (χ3n) is 5.21. The average Bonchev–Trinajstić information content (AvgIpc) is 3.18. The molecule has 1 aromatic carbocycles. The molecule has 1 atom stereocenters. The highest BCUT2D eigenvalue weighted by molar-refractivity contribution is 8.00. The molecule has 4 rings (SSSR count). The van der Waals surface area contributed by atoms with Crippen molar-refractivity contribution in [3.05, 3.63) is 42.2 Å². The Kier molecular flexibility index (Phi) is 6.10. The molecule has 28 heavy (non-hydrogen) atoms. The lowest BCUT2D eigenvalue weighted by Gasteiger charge is -2.40. The summed E-state index contributed by atoms with van der Waals surface area (Å²) in [7, 11) is 0. The zero-order valence-corrected chi connectivity index (χ0v) is 17.8. The highest BCUT2D eigenvalue weighted by Crippen LogP contribution is 2.32. The van der Waals surface area contributed by atoms with E-state index in [1.807, 2.05) is 6.26 Å². The largest absolute Gasteiger partial charge is 0.381 e. The summed E-state index contributed by atoms with van der Waals surface area (Å²) >= 11 is 3.28. The summed E-state index contributed by atoms with van der Waals surface area (Å²) in [6.45, 7) is 4.55. The van der Waals surface area contributed by atoms with Crippen LogP contribution in [0.2, 0.25) is 0 Å². The van der Waals surface area contributed by atoms with Gasteiger partial charge in [-0.2, -0.15) is 0 Å². The molecule has 2 N–H and O–H groups in total. The molecule has 0 aliphatic carbocycles. The first-order chi connectivity index (χ1) is 13.7. The number of ether oxygens (including phenoxy) is 1. The van der Waals surface area contributed by atoms with Crippen molar-refractivity contribution in [3.8, 4) is 0 Å². The molecule has 1 unspecified atom stereocenters. The van der Waals surface area contributed by atoms with Crippen LogP contribution in [0, 0.1) is 0 Å². The van der Waals surface area contributed by atoms with E-state index in [0.29, 0.717) is 0 Å². The standard InChI is InChI=1S/C20H25N5OS2/c1-14(15-6-4-3-5-7-15)25-20(8-10-26-11-9-20)12-21-17-16-18(23-13-22-17)24-19(27-2)28-16/h3-7,13-14,25H,8-12H2,1-2H3,(H,21,22,23). The number of rotatable bonds is 7. The zero-order chi connectivity index (χ0) is 19.4. The van der Waals surface area contributed by atoms with Gasteiger partial charge in [0, 0.05) is 31.3 Å². The van der Waals surface area contributed by atoms with E-state index in [9.17, 15) is 0 Å². The summed E-state index contributed by atoms with van der Waals surface area (Å²) in [5.41, 5.74) is 2.01. The highest BCUT2D eigenvalue weighted by atomic mass is 32.2. The molecule has 148 valence electrons. The number of thioether (sulfide) groups is 1. The lowest BCUT2D eigenvalue weighted by molar-refractivity contribution is 0.0389. The Hall–Kier alpha value is -1.74. The normalized spacial score (nSPS) is 17.5. The molecule has 0 saturated carbocycles. The molecular formula is C20H25N5OS2. The lowest BCUT2D eigenvalue weighted by Crippen LogP contribution is -2.54. The van der Waals surface area contributed by atoms with Crippen molar-refractivity contribution in [1.82, 2.24) is 20.3 Å². The topological polar surface area (TPSA) is 72.0 Å². The molecule has 6 nitrogen and oxygen atoms in total. The number of aromatic nitrogens is 3. The zero-order valence-electron chi connectivity index (χ0n) is 16.1. The fraction of sp³-hybridized carbons (Fsp3) is 0.450. The van der Waals surface area contributed by atoms with Crippen LogP contribution in [0.3, 0.4) is 0 Å². The van der Waals surface area contributed by atoms with Gasteiger partial charge in [-0.25, -0.2) is 15.0 Å². The van der Waals surface area contributed by atoms with Crippen LogP contribution in [0.25, 0.3) is 10.3 Å². The summed E-state index contributed by atoms with van der Waals surface area (Å²) < 4.78 is 7.68. The maximum Gasteiger partial charge on any atom is 0.176 e. The van der Waals surface area contributed by atoms with Crippen LogP contribution >= 0.6 is 23.1 Å². The summed E-state index contributed by atoms with van der Waals surface area (Å²) in [5, 5.41) is 7.47. The Morgan fingerprint density at radius 2 is 2.00 bits per heavy atom. The minimum absolute atomic E-state index is 0.0438. The van der Waals surface area contributed by atoms with Crippen LogP contribution in [0.5, 0.6) is 0 Å². The van der Waals surface area contributed by atoms with E-state index in [0.717, 1.165) is 53.1 Å². The Balaban J connectivity index is 1.53. The van der Waals surface area contributed by atoms with Crippen LogP contribution in [0.1, 0.15) is 31.4 Å². The Bertz CT molecular complexity index is 911. The average molecular weight is 416 g/mol. The second-order valence-electron chi connectivity index (χ2n) is 7.08. The van der Waals surface area contributed by atoms with Crippen LogP contribution in [-0.2, 0) is 4.74 Å². The van der Waals surface area contributed by atoms with E-state index < -0.39 is 0 Å². The number of hydrogen-bond acceptors (Lipinski definition) is 8. The quantitative estimate of drug-likeness (QED) is 0.562. The third-order valence-corrected chi connectivity index (χ3v) is 7.25. The van der Waals surface area contributed by atoms with Crippen LogP contribution in [0.15, 0.2) is 41.0 Å². The summed E-state index contributed by atoms with van der Waals surface area (Å²) in [4.78, 5) is 13.3. The fourth-order valence-electron chi connectivity index (χ4n) is 3.62. The van der Waals surface area contributed by atoms with Gasteiger partial charge in [-0.05, 0) is 31.6 Å². The first-order valence-corrected chi connectivity index (χ1v) is 11.5. The van der Waals surface area contributed by atoms with E-state index in [1.165, 1.54) is 5.56 Å². The first kappa shape index (κ1) is 19.6. The van der Waals surface area contributed by atoms with Gasteiger partial charge in [-0.15, -0.1) is 11.3 Å². The monoisotopic (exact) mass is 415 g/mol. The number of nitrogens with one attached hydrogen (secondary N) is 2. The highest BCUT2D eigenvalue weighted by Gasteiger charge is 2.34. The number of anilines is 1. The number of benzene rings is 1. The molecule has 1 aliphatic rings. The van der Waals surface area contributed by atoms with Gasteiger partial charge in [-0.3, -0.25) is 0 Å². The second-order valence-corrected chi connectivity index (χ2v) is 9.13. The minimum atomic E-state index is -0.0438.